The predicted molar refractivity (Wildman–Crippen MR) is 74.4 cm³/mol. The lowest BCUT2D eigenvalue weighted by Gasteiger charge is -2.07. The van der Waals surface area contributed by atoms with Gasteiger partial charge in [0.15, 0.2) is 4.77 Å². The van der Waals surface area contributed by atoms with Gasteiger partial charge in [-0.3, -0.25) is 14.3 Å². The molecule has 0 aliphatic carbocycles. The molecule has 0 aromatic carbocycles. The zero-order valence-electron chi connectivity index (χ0n) is 10.2. The Bertz CT molecular complexity index is 747. The standard InChI is InChI=1S/C13H12N2O3S/c1-2-15-12(17)10(11(16)14-13(15)19)7-3-5-9-6-4-8-18-9/h4-8,17H,2H2,1H3,(H,14,16,19). The normalized spacial score (nSPS) is 9.95. The number of H-pyrrole nitrogens is 1. The maximum Gasteiger partial charge on any atom is 0.263 e. The molecule has 0 aliphatic rings. The van der Waals surface area contributed by atoms with E-state index < -0.39 is 5.56 Å². The Labute approximate surface area is 114 Å². The van der Waals surface area contributed by atoms with Crippen LogP contribution in [0.2, 0.25) is 0 Å². The number of nitrogens with one attached hydrogen (secondary N) is 1. The van der Waals surface area contributed by atoms with Crippen molar-refractivity contribution in [3.8, 4) is 5.88 Å². The number of rotatable bonds is 3. The molecule has 0 amide bonds. The largest absolute Gasteiger partial charge is 0.494 e. The number of nitrogens with zero attached hydrogens (tertiary/aromatic N) is 1. The highest BCUT2D eigenvalue weighted by molar-refractivity contribution is 7.71. The zero-order chi connectivity index (χ0) is 13.8. The molecule has 98 valence electrons. The van der Waals surface area contributed by atoms with E-state index in [1.165, 1.54) is 16.9 Å². The molecule has 0 spiro atoms. The molecule has 0 atom stereocenters. The van der Waals surface area contributed by atoms with E-state index in [4.69, 9.17) is 16.6 Å². The van der Waals surface area contributed by atoms with Gasteiger partial charge in [-0.2, -0.15) is 0 Å². The maximum atomic E-state index is 11.7. The molecule has 2 aromatic heterocycles. The van der Waals surface area contributed by atoms with Crippen LogP contribution in [-0.4, -0.2) is 14.7 Å². The SMILES string of the molecule is CCn1c(O)c(C=C=Cc2ccco2)c(=O)[nH]c1=S. The molecule has 2 N–H and O–H groups in total. The Kier molecular flexibility index (Phi) is 3.85. The van der Waals surface area contributed by atoms with E-state index in [0.29, 0.717) is 12.3 Å². The average Bonchev–Trinajstić information content (AvgIpc) is 2.86. The van der Waals surface area contributed by atoms with E-state index in [0.717, 1.165) is 0 Å². The minimum atomic E-state index is -0.451. The van der Waals surface area contributed by atoms with Crippen molar-refractivity contribution in [1.29, 1.82) is 0 Å². The summed E-state index contributed by atoms with van der Waals surface area (Å²) in [5.74, 6) is 0.437. The summed E-state index contributed by atoms with van der Waals surface area (Å²) in [6.07, 6.45) is 4.49. The molecule has 5 nitrogen and oxygen atoms in total. The number of hydrogen-bond acceptors (Lipinski definition) is 4. The van der Waals surface area contributed by atoms with Crippen molar-refractivity contribution in [1.82, 2.24) is 9.55 Å². The molecule has 0 aliphatic heterocycles. The van der Waals surface area contributed by atoms with Crippen molar-refractivity contribution >= 4 is 24.4 Å². The molecular weight excluding hydrogens is 264 g/mol. The van der Waals surface area contributed by atoms with Crippen LogP contribution in [0.3, 0.4) is 0 Å². The van der Waals surface area contributed by atoms with Crippen molar-refractivity contribution in [3.05, 3.63) is 50.6 Å². The summed E-state index contributed by atoms with van der Waals surface area (Å²) in [6, 6.07) is 3.50. The van der Waals surface area contributed by atoms with Crippen LogP contribution in [0.15, 0.2) is 33.3 Å². The van der Waals surface area contributed by atoms with Gasteiger partial charge in [0.1, 0.15) is 11.3 Å². The quantitative estimate of drug-likeness (QED) is 0.667. The summed E-state index contributed by atoms with van der Waals surface area (Å²) in [5.41, 5.74) is 2.44. The van der Waals surface area contributed by atoms with Crippen molar-refractivity contribution in [2.75, 3.05) is 0 Å². The minimum absolute atomic E-state index is 0.109. The van der Waals surface area contributed by atoms with Crippen LogP contribution in [0.4, 0.5) is 0 Å². The Hall–Kier alpha value is -2.30. The van der Waals surface area contributed by atoms with Crippen molar-refractivity contribution in [3.63, 3.8) is 0 Å². The average molecular weight is 276 g/mol. The summed E-state index contributed by atoms with van der Waals surface area (Å²) in [4.78, 5) is 14.2. The van der Waals surface area contributed by atoms with Gasteiger partial charge < -0.3 is 9.52 Å². The van der Waals surface area contributed by atoms with Gasteiger partial charge in [-0.05, 0) is 37.4 Å². The molecule has 0 fully saturated rings. The first-order chi connectivity index (χ1) is 9.13. The van der Waals surface area contributed by atoms with Crippen molar-refractivity contribution < 1.29 is 9.52 Å². The molecular formula is C13H12N2O3S. The van der Waals surface area contributed by atoms with Crippen LogP contribution < -0.4 is 5.56 Å². The maximum absolute atomic E-state index is 11.7. The van der Waals surface area contributed by atoms with Crippen LogP contribution in [0.5, 0.6) is 5.88 Å². The van der Waals surface area contributed by atoms with Gasteiger partial charge in [0.25, 0.3) is 5.56 Å². The first-order valence-corrected chi connectivity index (χ1v) is 6.06. The van der Waals surface area contributed by atoms with E-state index in [2.05, 4.69) is 10.7 Å². The molecule has 2 heterocycles. The molecule has 2 aromatic rings. The second-order valence-corrected chi connectivity index (χ2v) is 4.10. The summed E-state index contributed by atoms with van der Waals surface area (Å²) < 4.78 is 6.71. The second-order valence-electron chi connectivity index (χ2n) is 3.71. The molecule has 0 bridgehead atoms. The Morgan fingerprint density at radius 3 is 3.00 bits per heavy atom. The van der Waals surface area contributed by atoms with E-state index in [-0.39, 0.29) is 16.2 Å². The third-order valence-electron chi connectivity index (χ3n) is 2.52. The van der Waals surface area contributed by atoms with Gasteiger partial charge >= 0.3 is 0 Å². The Morgan fingerprint density at radius 1 is 1.58 bits per heavy atom. The highest BCUT2D eigenvalue weighted by atomic mass is 32.1. The van der Waals surface area contributed by atoms with Crippen molar-refractivity contribution in [2.24, 2.45) is 0 Å². The molecule has 0 unspecified atom stereocenters. The van der Waals surface area contributed by atoms with Crippen LogP contribution in [0.1, 0.15) is 18.2 Å². The number of hydrogen-bond donors (Lipinski definition) is 2. The summed E-state index contributed by atoms with van der Waals surface area (Å²) in [7, 11) is 0. The molecule has 0 radical (unpaired) electrons. The molecule has 0 saturated heterocycles. The molecule has 19 heavy (non-hydrogen) atoms. The van der Waals surface area contributed by atoms with Crippen molar-refractivity contribution in [2.45, 2.75) is 13.5 Å². The van der Waals surface area contributed by atoms with Gasteiger partial charge in [0, 0.05) is 12.6 Å². The lowest BCUT2D eigenvalue weighted by atomic mass is 10.3. The number of aromatic amines is 1. The summed E-state index contributed by atoms with van der Waals surface area (Å²) in [5, 5.41) is 9.98. The summed E-state index contributed by atoms with van der Waals surface area (Å²) in [6.45, 7) is 2.28. The fourth-order valence-electron chi connectivity index (χ4n) is 1.58. The summed E-state index contributed by atoms with van der Waals surface area (Å²) >= 11 is 4.95. The lowest BCUT2D eigenvalue weighted by Crippen LogP contribution is -2.16. The van der Waals surface area contributed by atoms with Crippen LogP contribution in [0.25, 0.3) is 12.2 Å². The number of aromatic hydroxyl groups is 1. The topological polar surface area (TPSA) is 71.2 Å². The molecule has 6 heteroatoms. The van der Waals surface area contributed by atoms with E-state index in [1.807, 2.05) is 6.92 Å². The lowest BCUT2D eigenvalue weighted by molar-refractivity contribution is 0.408. The van der Waals surface area contributed by atoms with Crippen LogP contribution in [-0.2, 0) is 6.54 Å². The minimum Gasteiger partial charge on any atom is -0.494 e. The molecule has 0 saturated carbocycles. The van der Waals surface area contributed by atoms with Gasteiger partial charge in [0.05, 0.1) is 6.26 Å². The van der Waals surface area contributed by atoms with Gasteiger partial charge in [-0.25, -0.2) is 0 Å². The number of aromatic nitrogens is 2. The Balaban J connectivity index is 2.49. The van der Waals surface area contributed by atoms with Gasteiger partial charge in [-0.15, -0.1) is 5.73 Å². The van der Waals surface area contributed by atoms with Gasteiger partial charge in [-0.1, -0.05) is 0 Å². The fraction of sp³-hybridized carbons (Fsp3) is 0.154. The third kappa shape index (κ3) is 2.76. The second kappa shape index (κ2) is 5.56. The van der Waals surface area contributed by atoms with E-state index in [9.17, 15) is 9.90 Å². The van der Waals surface area contributed by atoms with E-state index in [1.54, 1.807) is 18.2 Å². The van der Waals surface area contributed by atoms with E-state index >= 15 is 0 Å². The fourth-order valence-corrected chi connectivity index (χ4v) is 1.89. The monoisotopic (exact) mass is 276 g/mol. The zero-order valence-corrected chi connectivity index (χ0v) is 11.0. The van der Waals surface area contributed by atoms with Crippen LogP contribution in [0, 0.1) is 4.77 Å². The molecule has 2 rings (SSSR count). The highest BCUT2D eigenvalue weighted by Gasteiger charge is 2.08. The first kappa shape index (κ1) is 13.1. The van der Waals surface area contributed by atoms with Crippen LogP contribution >= 0.6 is 12.2 Å². The number of furan rings is 1. The Morgan fingerprint density at radius 2 is 2.37 bits per heavy atom. The smallest absolute Gasteiger partial charge is 0.263 e. The van der Waals surface area contributed by atoms with Gasteiger partial charge in [0.2, 0.25) is 5.88 Å². The highest BCUT2D eigenvalue weighted by Crippen LogP contribution is 2.14. The third-order valence-corrected chi connectivity index (χ3v) is 2.84. The first-order valence-electron chi connectivity index (χ1n) is 5.65. The predicted octanol–water partition coefficient (Wildman–Crippen LogP) is 2.55.